The van der Waals surface area contributed by atoms with Gasteiger partial charge in [0.25, 0.3) is 5.91 Å². The van der Waals surface area contributed by atoms with Gasteiger partial charge in [0.05, 0.1) is 32.6 Å². The fourth-order valence-electron chi connectivity index (χ4n) is 2.01. The SMILES string of the molecule is COc1ccc(C(=O)NCc2ccco2)c(OC)c1C. The van der Waals surface area contributed by atoms with Crippen molar-refractivity contribution in [2.24, 2.45) is 0 Å². The maximum absolute atomic E-state index is 12.2. The topological polar surface area (TPSA) is 60.7 Å². The largest absolute Gasteiger partial charge is 0.496 e. The first-order valence-electron chi connectivity index (χ1n) is 6.19. The van der Waals surface area contributed by atoms with Crippen molar-refractivity contribution in [2.75, 3.05) is 14.2 Å². The van der Waals surface area contributed by atoms with Crippen molar-refractivity contribution < 1.29 is 18.7 Å². The number of hydrogen-bond acceptors (Lipinski definition) is 4. The Hall–Kier alpha value is -2.43. The average molecular weight is 275 g/mol. The minimum atomic E-state index is -0.219. The van der Waals surface area contributed by atoms with Crippen LogP contribution in [0.2, 0.25) is 0 Å². The van der Waals surface area contributed by atoms with Crippen LogP contribution in [0.25, 0.3) is 0 Å². The number of furan rings is 1. The Morgan fingerprint density at radius 1 is 1.25 bits per heavy atom. The normalized spacial score (nSPS) is 10.2. The van der Waals surface area contributed by atoms with E-state index in [-0.39, 0.29) is 5.91 Å². The van der Waals surface area contributed by atoms with Gasteiger partial charge >= 0.3 is 0 Å². The van der Waals surface area contributed by atoms with Crippen molar-refractivity contribution in [3.63, 3.8) is 0 Å². The van der Waals surface area contributed by atoms with E-state index in [1.807, 2.05) is 6.92 Å². The van der Waals surface area contributed by atoms with E-state index in [4.69, 9.17) is 13.9 Å². The third-order valence-corrected chi connectivity index (χ3v) is 3.03. The van der Waals surface area contributed by atoms with Crippen molar-refractivity contribution in [2.45, 2.75) is 13.5 Å². The fourth-order valence-corrected chi connectivity index (χ4v) is 2.01. The molecule has 0 saturated heterocycles. The molecule has 0 spiro atoms. The molecule has 0 aliphatic carbocycles. The Morgan fingerprint density at radius 2 is 2.05 bits per heavy atom. The van der Waals surface area contributed by atoms with Gasteiger partial charge in [0, 0.05) is 5.56 Å². The first-order valence-corrected chi connectivity index (χ1v) is 6.19. The number of benzene rings is 1. The number of carbonyl (C=O) groups excluding carboxylic acids is 1. The quantitative estimate of drug-likeness (QED) is 0.911. The number of methoxy groups -OCH3 is 2. The lowest BCUT2D eigenvalue weighted by atomic mass is 10.1. The molecule has 0 aliphatic rings. The summed E-state index contributed by atoms with van der Waals surface area (Å²) in [6, 6.07) is 7.01. The number of amides is 1. The van der Waals surface area contributed by atoms with Crippen molar-refractivity contribution in [3.05, 3.63) is 47.4 Å². The molecule has 5 nitrogen and oxygen atoms in total. The third kappa shape index (κ3) is 2.77. The molecule has 1 N–H and O–H groups in total. The van der Waals surface area contributed by atoms with Gasteiger partial charge in [-0.2, -0.15) is 0 Å². The molecule has 5 heteroatoms. The van der Waals surface area contributed by atoms with Crippen LogP contribution in [0.5, 0.6) is 11.5 Å². The standard InChI is InChI=1S/C15H17NO4/c1-10-13(18-2)7-6-12(14(10)19-3)15(17)16-9-11-5-4-8-20-11/h4-8H,9H2,1-3H3,(H,16,17). The Morgan fingerprint density at radius 3 is 2.65 bits per heavy atom. The molecule has 1 amide bonds. The van der Waals surface area contributed by atoms with Gasteiger partial charge in [0.1, 0.15) is 17.3 Å². The summed E-state index contributed by atoms with van der Waals surface area (Å²) >= 11 is 0. The van der Waals surface area contributed by atoms with Crippen LogP contribution in [0.15, 0.2) is 34.9 Å². The second kappa shape index (κ2) is 6.14. The second-order valence-electron chi connectivity index (χ2n) is 4.24. The van der Waals surface area contributed by atoms with Crippen molar-refractivity contribution in [1.82, 2.24) is 5.32 Å². The molecule has 2 rings (SSSR count). The first kappa shape index (κ1) is 14.0. The van der Waals surface area contributed by atoms with Crippen molar-refractivity contribution >= 4 is 5.91 Å². The Labute approximate surface area is 117 Å². The zero-order chi connectivity index (χ0) is 14.5. The molecule has 1 heterocycles. The van der Waals surface area contributed by atoms with E-state index in [0.29, 0.717) is 29.4 Å². The van der Waals surface area contributed by atoms with E-state index in [1.165, 1.54) is 7.11 Å². The predicted octanol–water partition coefficient (Wildman–Crippen LogP) is 2.54. The zero-order valence-corrected chi connectivity index (χ0v) is 11.7. The van der Waals surface area contributed by atoms with Gasteiger partial charge in [-0.25, -0.2) is 0 Å². The van der Waals surface area contributed by atoms with Crippen LogP contribution < -0.4 is 14.8 Å². The van der Waals surface area contributed by atoms with E-state index in [9.17, 15) is 4.79 Å². The molecule has 0 fully saturated rings. The average Bonchev–Trinajstić information content (AvgIpc) is 2.97. The van der Waals surface area contributed by atoms with E-state index in [2.05, 4.69) is 5.32 Å². The van der Waals surface area contributed by atoms with Crippen LogP contribution >= 0.6 is 0 Å². The Kier molecular flexibility index (Phi) is 4.30. The maximum Gasteiger partial charge on any atom is 0.255 e. The summed E-state index contributed by atoms with van der Waals surface area (Å²) in [6.45, 7) is 2.18. The van der Waals surface area contributed by atoms with Gasteiger partial charge in [-0.1, -0.05) is 0 Å². The van der Waals surface area contributed by atoms with Gasteiger partial charge < -0.3 is 19.2 Å². The number of ether oxygens (including phenoxy) is 2. The highest BCUT2D eigenvalue weighted by molar-refractivity contribution is 5.97. The highest BCUT2D eigenvalue weighted by Gasteiger charge is 2.17. The Bertz CT molecular complexity index is 590. The molecule has 0 unspecified atom stereocenters. The molecule has 106 valence electrons. The van der Waals surface area contributed by atoms with Crippen LogP contribution in [0, 0.1) is 6.92 Å². The molecular weight excluding hydrogens is 258 g/mol. The maximum atomic E-state index is 12.2. The lowest BCUT2D eigenvalue weighted by Crippen LogP contribution is -2.23. The molecule has 0 bridgehead atoms. The van der Waals surface area contributed by atoms with Crippen LogP contribution in [0.1, 0.15) is 21.7 Å². The fraction of sp³-hybridized carbons (Fsp3) is 0.267. The number of hydrogen-bond donors (Lipinski definition) is 1. The summed E-state index contributed by atoms with van der Waals surface area (Å²) in [5, 5.41) is 2.79. The smallest absolute Gasteiger partial charge is 0.255 e. The van der Waals surface area contributed by atoms with Crippen LogP contribution in [-0.4, -0.2) is 20.1 Å². The highest BCUT2D eigenvalue weighted by atomic mass is 16.5. The third-order valence-electron chi connectivity index (χ3n) is 3.03. The first-order chi connectivity index (χ1) is 9.67. The summed E-state index contributed by atoms with van der Waals surface area (Å²) in [6.07, 6.45) is 1.57. The van der Waals surface area contributed by atoms with Crippen LogP contribution in [-0.2, 0) is 6.54 Å². The van der Waals surface area contributed by atoms with Gasteiger partial charge in [0.15, 0.2) is 0 Å². The molecule has 1 aromatic heterocycles. The Balaban J connectivity index is 2.19. The lowest BCUT2D eigenvalue weighted by molar-refractivity contribution is 0.0945. The minimum absolute atomic E-state index is 0.219. The second-order valence-corrected chi connectivity index (χ2v) is 4.24. The minimum Gasteiger partial charge on any atom is -0.496 e. The predicted molar refractivity (Wildman–Crippen MR) is 74.2 cm³/mol. The summed E-state index contributed by atoms with van der Waals surface area (Å²) in [4.78, 5) is 12.2. The summed E-state index contributed by atoms with van der Waals surface area (Å²) in [5.74, 6) is 1.68. The summed E-state index contributed by atoms with van der Waals surface area (Å²) in [5.41, 5.74) is 1.26. The molecule has 1 aromatic carbocycles. The van der Waals surface area contributed by atoms with Crippen molar-refractivity contribution in [1.29, 1.82) is 0 Å². The highest BCUT2D eigenvalue weighted by Crippen LogP contribution is 2.31. The van der Waals surface area contributed by atoms with Gasteiger partial charge in [-0.15, -0.1) is 0 Å². The van der Waals surface area contributed by atoms with Gasteiger partial charge in [-0.3, -0.25) is 4.79 Å². The molecule has 0 aliphatic heterocycles. The van der Waals surface area contributed by atoms with E-state index in [0.717, 1.165) is 5.56 Å². The molecule has 0 radical (unpaired) electrons. The molecule has 0 saturated carbocycles. The van der Waals surface area contributed by atoms with E-state index in [1.54, 1.807) is 37.6 Å². The van der Waals surface area contributed by atoms with Gasteiger partial charge in [0.2, 0.25) is 0 Å². The molecule has 2 aromatic rings. The number of carbonyl (C=O) groups is 1. The number of rotatable bonds is 5. The van der Waals surface area contributed by atoms with E-state index < -0.39 is 0 Å². The van der Waals surface area contributed by atoms with Crippen molar-refractivity contribution in [3.8, 4) is 11.5 Å². The number of nitrogens with one attached hydrogen (secondary N) is 1. The molecular formula is C15H17NO4. The van der Waals surface area contributed by atoms with E-state index >= 15 is 0 Å². The molecule has 20 heavy (non-hydrogen) atoms. The lowest BCUT2D eigenvalue weighted by Gasteiger charge is -2.14. The summed E-state index contributed by atoms with van der Waals surface area (Å²) in [7, 11) is 3.11. The van der Waals surface area contributed by atoms with Crippen LogP contribution in [0.3, 0.4) is 0 Å². The monoisotopic (exact) mass is 275 g/mol. The molecule has 0 atom stereocenters. The summed E-state index contributed by atoms with van der Waals surface area (Å²) < 4.78 is 15.7. The van der Waals surface area contributed by atoms with Gasteiger partial charge in [-0.05, 0) is 31.2 Å². The van der Waals surface area contributed by atoms with Crippen LogP contribution in [0.4, 0.5) is 0 Å². The zero-order valence-electron chi connectivity index (χ0n) is 11.7.